The Bertz CT molecular complexity index is 1350. The lowest BCUT2D eigenvalue weighted by atomic mass is 10.1. The number of methoxy groups -OCH3 is 3. The number of hydrogen-bond donors (Lipinski definition) is 1. The van der Waals surface area contributed by atoms with Crippen LogP contribution in [0.4, 0.5) is 0 Å². The number of carbonyl (C=O) groups is 2. The molecule has 0 aliphatic carbocycles. The Kier molecular flexibility index (Phi) is 10.1. The number of rotatable bonds is 10. The lowest BCUT2D eigenvalue weighted by molar-refractivity contribution is -0.123. The minimum Gasteiger partial charge on any atom is -0.493 e. The van der Waals surface area contributed by atoms with E-state index in [0.717, 1.165) is 11.1 Å². The Balaban J connectivity index is 1.75. The molecule has 1 N–H and O–H groups in total. The van der Waals surface area contributed by atoms with E-state index in [1.54, 1.807) is 18.2 Å². The molecule has 0 atom stereocenters. The van der Waals surface area contributed by atoms with E-state index >= 15 is 0 Å². The Morgan fingerprint density at radius 3 is 2.18 bits per heavy atom. The largest absolute Gasteiger partial charge is 0.493 e. The number of amides is 1. The van der Waals surface area contributed by atoms with Gasteiger partial charge in [0.15, 0.2) is 23.9 Å². The molecule has 0 spiro atoms. The first kappa shape index (κ1) is 29.0. The summed E-state index contributed by atoms with van der Waals surface area (Å²) in [6.45, 7) is 3.75. The lowest BCUT2D eigenvalue weighted by Crippen LogP contribution is -2.24. The summed E-state index contributed by atoms with van der Waals surface area (Å²) in [4.78, 5) is 25.3. The minimum atomic E-state index is -0.673. The second-order valence-corrected chi connectivity index (χ2v) is 9.71. The molecule has 11 heteroatoms. The number of carbonyl (C=O) groups excluding carboxylic acids is 2. The second kappa shape index (κ2) is 13.3. The number of hydrogen-bond acceptors (Lipinski definition) is 8. The van der Waals surface area contributed by atoms with Crippen LogP contribution in [-0.4, -0.2) is 46.0 Å². The predicted octanol–water partition coefficient (Wildman–Crippen LogP) is 5.60. The molecule has 0 aliphatic rings. The van der Waals surface area contributed by atoms with Gasteiger partial charge in [0, 0.05) is 10.0 Å². The van der Waals surface area contributed by atoms with Crippen LogP contribution in [0.2, 0.25) is 0 Å². The smallest absolute Gasteiger partial charge is 0.343 e. The molecule has 0 fully saturated rings. The van der Waals surface area contributed by atoms with E-state index in [1.165, 1.54) is 39.7 Å². The summed E-state index contributed by atoms with van der Waals surface area (Å²) in [5.74, 6) is 0.613. The number of nitrogens with one attached hydrogen (secondary N) is 1. The van der Waals surface area contributed by atoms with Crippen molar-refractivity contribution in [2.45, 2.75) is 13.8 Å². The number of benzene rings is 3. The van der Waals surface area contributed by atoms with E-state index in [0.29, 0.717) is 37.5 Å². The van der Waals surface area contributed by atoms with Gasteiger partial charge in [-0.3, -0.25) is 4.79 Å². The van der Waals surface area contributed by atoms with Crippen LogP contribution in [0.1, 0.15) is 27.0 Å². The molecule has 0 saturated heterocycles. The maximum absolute atomic E-state index is 13.0. The molecular formula is C27H26Br2N2O7. The quantitative estimate of drug-likeness (QED) is 0.132. The summed E-state index contributed by atoms with van der Waals surface area (Å²) < 4.78 is 28.3. The summed E-state index contributed by atoms with van der Waals surface area (Å²) in [6, 6.07) is 12.0. The van der Waals surface area contributed by atoms with Gasteiger partial charge in [0.2, 0.25) is 5.75 Å². The van der Waals surface area contributed by atoms with Crippen LogP contribution in [0.5, 0.6) is 28.7 Å². The molecule has 0 saturated carbocycles. The molecule has 0 radical (unpaired) electrons. The van der Waals surface area contributed by atoms with E-state index < -0.39 is 11.9 Å². The third-order valence-electron chi connectivity index (χ3n) is 5.37. The van der Waals surface area contributed by atoms with Gasteiger partial charge in [-0.25, -0.2) is 10.2 Å². The SMILES string of the molecule is COc1cc(C(=O)Oc2c(Br)cc(Br)cc2/C=N\NC(=O)COc2ccc(C)c(C)c2)cc(OC)c1OC. The summed E-state index contributed by atoms with van der Waals surface area (Å²) in [6.07, 6.45) is 1.36. The van der Waals surface area contributed by atoms with E-state index in [2.05, 4.69) is 42.4 Å². The number of nitrogens with zero attached hydrogens (tertiary/aromatic N) is 1. The third-order valence-corrected chi connectivity index (χ3v) is 6.42. The molecule has 1 amide bonds. The van der Waals surface area contributed by atoms with E-state index in [1.807, 2.05) is 26.0 Å². The standard InChI is InChI=1S/C27H26Br2N2O7/c1-15-6-7-20(8-16(15)2)37-14-24(32)31-30-13-18-9-19(28)12-21(29)25(18)38-27(33)17-10-22(34-3)26(36-5)23(11-17)35-4/h6-13H,14H2,1-5H3,(H,31,32)/b30-13-. The fourth-order valence-electron chi connectivity index (χ4n) is 3.29. The number of aryl methyl sites for hydroxylation is 2. The topological polar surface area (TPSA) is 105 Å². The number of hydrazone groups is 1. The Labute approximate surface area is 237 Å². The highest BCUT2D eigenvalue weighted by Gasteiger charge is 2.20. The molecule has 3 rings (SSSR count). The fourth-order valence-corrected chi connectivity index (χ4v) is 4.63. The molecule has 0 aliphatic heterocycles. The van der Waals surface area contributed by atoms with Gasteiger partial charge in [-0.05, 0) is 77.3 Å². The molecule has 38 heavy (non-hydrogen) atoms. The maximum Gasteiger partial charge on any atom is 0.343 e. The first-order chi connectivity index (χ1) is 18.2. The molecular weight excluding hydrogens is 624 g/mol. The molecule has 0 heterocycles. The first-order valence-electron chi connectivity index (χ1n) is 11.2. The van der Waals surface area contributed by atoms with Crippen molar-refractivity contribution >= 4 is 50.0 Å². The van der Waals surface area contributed by atoms with E-state index in [4.69, 9.17) is 23.7 Å². The molecule has 0 bridgehead atoms. The van der Waals surface area contributed by atoms with Crippen LogP contribution in [0.15, 0.2) is 56.5 Å². The van der Waals surface area contributed by atoms with Crippen molar-refractivity contribution in [2.75, 3.05) is 27.9 Å². The van der Waals surface area contributed by atoms with Crippen LogP contribution >= 0.6 is 31.9 Å². The molecule has 200 valence electrons. The molecule has 9 nitrogen and oxygen atoms in total. The average molecular weight is 650 g/mol. The highest BCUT2D eigenvalue weighted by atomic mass is 79.9. The molecule has 3 aromatic rings. The first-order valence-corrected chi connectivity index (χ1v) is 12.8. The number of ether oxygens (including phenoxy) is 5. The summed E-state index contributed by atoms with van der Waals surface area (Å²) in [7, 11) is 4.37. The summed E-state index contributed by atoms with van der Waals surface area (Å²) in [5, 5.41) is 3.99. The van der Waals surface area contributed by atoms with Gasteiger partial charge in [0.05, 0.1) is 37.6 Å². The van der Waals surface area contributed by atoms with Crippen molar-refractivity contribution in [1.29, 1.82) is 0 Å². The molecule has 3 aromatic carbocycles. The highest BCUT2D eigenvalue weighted by Crippen LogP contribution is 2.39. The predicted molar refractivity (Wildman–Crippen MR) is 150 cm³/mol. The Morgan fingerprint density at radius 1 is 0.895 bits per heavy atom. The van der Waals surface area contributed by atoms with Gasteiger partial charge < -0.3 is 23.7 Å². The van der Waals surface area contributed by atoms with Gasteiger partial charge >= 0.3 is 5.97 Å². The van der Waals surface area contributed by atoms with E-state index in [-0.39, 0.29) is 17.9 Å². The van der Waals surface area contributed by atoms with Gasteiger partial charge in [-0.1, -0.05) is 22.0 Å². The van der Waals surface area contributed by atoms with Gasteiger partial charge in [-0.2, -0.15) is 5.10 Å². The highest BCUT2D eigenvalue weighted by molar-refractivity contribution is 9.11. The number of esters is 1. The zero-order chi connectivity index (χ0) is 27.8. The second-order valence-electron chi connectivity index (χ2n) is 7.94. The summed E-state index contributed by atoms with van der Waals surface area (Å²) >= 11 is 6.82. The Morgan fingerprint density at radius 2 is 1.58 bits per heavy atom. The van der Waals surface area contributed by atoms with Crippen LogP contribution < -0.4 is 29.1 Å². The van der Waals surface area contributed by atoms with Crippen LogP contribution in [0.3, 0.4) is 0 Å². The average Bonchev–Trinajstić information content (AvgIpc) is 2.90. The number of halogens is 2. The molecule has 0 unspecified atom stereocenters. The van der Waals surface area contributed by atoms with Gasteiger partial charge in [0.1, 0.15) is 5.75 Å². The van der Waals surface area contributed by atoms with Crippen LogP contribution in [-0.2, 0) is 4.79 Å². The zero-order valence-corrected chi connectivity index (χ0v) is 24.6. The lowest BCUT2D eigenvalue weighted by Gasteiger charge is -2.15. The van der Waals surface area contributed by atoms with Crippen LogP contribution in [0, 0.1) is 13.8 Å². The van der Waals surface area contributed by atoms with Crippen LogP contribution in [0.25, 0.3) is 0 Å². The van der Waals surface area contributed by atoms with Crippen molar-refractivity contribution in [3.63, 3.8) is 0 Å². The van der Waals surface area contributed by atoms with Crippen molar-refractivity contribution < 1.29 is 33.3 Å². The van der Waals surface area contributed by atoms with Crippen molar-refractivity contribution in [3.05, 3.63) is 73.7 Å². The van der Waals surface area contributed by atoms with E-state index in [9.17, 15) is 9.59 Å². The van der Waals surface area contributed by atoms with Crippen molar-refractivity contribution in [3.8, 4) is 28.7 Å². The normalized spacial score (nSPS) is 10.7. The van der Waals surface area contributed by atoms with Gasteiger partial charge in [-0.15, -0.1) is 0 Å². The fraction of sp³-hybridized carbons (Fsp3) is 0.222. The zero-order valence-electron chi connectivity index (χ0n) is 21.4. The van der Waals surface area contributed by atoms with Crippen molar-refractivity contribution in [1.82, 2.24) is 5.43 Å². The maximum atomic E-state index is 13.0. The monoisotopic (exact) mass is 648 g/mol. The molecule has 0 aromatic heterocycles. The van der Waals surface area contributed by atoms with Gasteiger partial charge in [0.25, 0.3) is 5.91 Å². The summed E-state index contributed by atoms with van der Waals surface area (Å²) in [5.41, 5.74) is 5.20. The minimum absolute atomic E-state index is 0.175. The van der Waals surface area contributed by atoms with Crippen molar-refractivity contribution in [2.24, 2.45) is 5.10 Å². The third kappa shape index (κ3) is 7.26. The Hall–Kier alpha value is -3.57.